The zero-order chi connectivity index (χ0) is 14.4. The number of halogens is 1. The topological polar surface area (TPSA) is 15.3 Å². The molecule has 0 aliphatic heterocycles. The molecule has 0 bridgehead atoms. The Bertz CT molecular complexity index is 379. The molecule has 0 aliphatic rings. The van der Waals surface area contributed by atoms with Crippen LogP contribution in [0.2, 0.25) is 5.02 Å². The van der Waals surface area contributed by atoms with Crippen molar-refractivity contribution >= 4 is 11.6 Å². The van der Waals surface area contributed by atoms with Crippen molar-refractivity contribution in [2.24, 2.45) is 5.92 Å². The van der Waals surface area contributed by atoms with Gasteiger partial charge >= 0.3 is 0 Å². The summed E-state index contributed by atoms with van der Waals surface area (Å²) in [5, 5.41) is 4.32. The van der Waals surface area contributed by atoms with E-state index in [2.05, 4.69) is 51.0 Å². The Balaban J connectivity index is 2.50. The van der Waals surface area contributed by atoms with Crippen LogP contribution in [0, 0.1) is 5.92 Å². The number of rotatable bonds is 7. The van der Waals surface area contributed by atoms with Crippen LogP contribution < -0.4 is 5.32 Å². The third-order valence-electron chi connectivity index (χ3n) is 3.69. The lowest BCUT2D eigenvalue weighted by Crippen LogP contribution is -2.40. The van der Waals surface area contributed by atoms with E-state index in [-0.39, 0.29) is 0 Å². The molecule has 19 heavy (non-hydrogen) atoms. The molecule has 0 aliphatic carbocycles. The van der Waals surface area contributed by atoms with E-state index in [0.717, 1.165) is 18.1 Å². The molecule has 1 aromatic rings. The van der Waals surface area contributed by atoms with Gasteiger partial charge in [0.25, 0.3) is 0 Å². The van der Waals surface area contributed by atoms with Gasteiger partial charge in [-0.05, 0) is 44.1 Å². The van der Waals surface area contributed by atoms with Crippen molar-refractivity contribution in [2.45, 2.75) is 46.3 Å². The predicted molar refractivity (Wildman–Crippen MR) is 84.7 cm³/mol. The molecule has 0 radical (unpaired) electrons. The Hall–Kier alpha value is -0.570. The van der Waals surface area contributed by atoms with Gasteiger partial charge in [0.2, 0.25) is 0 Å². The minimum Gasteiger partial charge on any atom is -0.314 e. The van der Waals surface area contributed by atoms with E-state index in [1.165, 1.54) is 5.56 Å². The van der Waals surface area contributed by atoms with Gasteiger partial charge in [0.15, 0.2) is 0 Å². The lowest BCUT2D eigenvalue weighted by Gasteiger charge is -2.30. The van der Waals surface area contributed by atoms with Crippen LogP contribution in [0.1, 0.15) is 33.3 Å². The Morgan fingerprint density at radius 1 is 1.21 bits per heavy atom. The van der Waals surface area contributed by atoms with Crippen molar-refractivity contribution in [1.82, 2.24) is 10.2 Å². The third-order valence-corrected chi connectivity index (χ3v) is 3.92. The maximum Gasteiger partial charge on any atom is 0.0409 e. The molecule has 0 amide bonds. The van der Waals surface area contributed by atoms with Crippen LogP contribution in [0.5, 0.6) is 0 Å². The Morgan fingerprint density at radius 2 is 1.89 bits per heavy atom. The summed E-state index contributed by atoms with van der Waals surface area (Å²) in [5.74, 6) is 0.617. The molecule has 0 fully saturated rings. The van der Waals surface area contributed by atoms with Crippen LogP contribution >= 0.6 is 11.6 Å². The molecular weight excluding hydrogens is 256 g/mol. The summed E-state index contributed by atoms with van der Waals surface area (Å²) in [7, 11) is 2.18. The fourth-order valence-corrected chi connectivity index (χ4v) is 2.31. The highest BCUT2D eigenvalue weighted by Gasteiger charge is 2.17. The molecule has 2 atom stereocenters. The van der Waals surface area contributed by atoms with E-state index in [1.807, 2.05) is 18.2 Å². The second kappa shape index (κ2) is 7.88. The van der Waals surface area contributed by atoms with E-state index >= 15 is 0 Å². The zero-order valence-corrected chi connectivity index (χ0v) is 13.5. The predicted octanol–water partition coefficient (Wildman–Crippen LogP) is 3.79. The quantitative estimate of drug-likeness (QED) is 0.818. The summed E-state index contributed by atoms with van der Waals surface area (Å²) < 4.78 is 0. The molecule has 0 saturated heterocycles. The first-order chi connectivity index (χ1) is 8.90. The summed E-state index contributed by atoms with van der Waals surface area (Å²) in [5.41, 5.74) is 1.27. The lowest BCUT2D eigenvalue weighted by molar-refractivity contribution is 0.187. The maximum absolute atomic E-state index is 6.03. The summed E-state index contributed by atoms with van der Waals surface area (Å²) in [6.45, 7) is 11.0. The molecule has 108 valence electrons. The molecule has 1 rings (SSSR count). The second-order valence-electron chi connectivity index (χ2n) is 5.83. The highest BCUT2D eigenvalue weighted by atomic mass is 35.5. The SMILES string of the molecule is CC(C)NCC(C)C(C)N(C)Cc1cccc(Cl)c1. The number of nitrogens with one attached hydrogen (secondary N) is 1. The minimum atomic E-state index is 0.533. The first-order valence-corrected chi connectivity index (χ1v) is 7.46. The Morgan fingerprint density at radius 3 is 2.47 bits per heavy atom. The summed E-state index contributed by atoms with van der Waals surface area (Å²) >= 11 is 6.03. The Labute approximate surface area is 123 Å². The number of hydrogen-bond acceptors (Lipinski definition) is 2. The zero-order valence-electron chi connectivity index (χ0n) is 12.8. The van der Waals surface area contributed by atoms with Gasteiger partial charge < -0.3 is 5.32 Å². The fourth-order valence-electron chi connectivity index (χ4n) is 2.09. The fraction of sp³-hybridized carbons (Fsp3) is 0.625. The molecule has 0 aromatic heterocycles. The smallest absolute Gasteiger partial charge is 0.0409 e. The van der Waals surface area contributed by atoms with Crippen LogP contribution in [0.25, 0.3) is 0 Å². The minimum absolute atomic E-state index is 0.533. The van der Waals surface area contributed by atoms with Crippen molar-refractivity contribution in [3.63, 3.8) is 0 Å². The Kier molecular flexibility index (Phi) is 6.84. The molecule has 0 saturated carbocycles. The van der Waals surface area contributed by atoms with E-state index in [9.17, 15) is 0 Å². The number of hydrogen-bond donors (Lipinski definition) is 1. The second-order valence-corrected chi connectivity index (χ2v) is 6.26. The summed E-state index contributed by atoms with van der Waals surface area (Å²) in [4.78, 5) is 2.39. The standard InChI is InChI=1S/C16H27ClN2/c1-12(2)18-10-13(3)14(4)19(5)11-15-7-6-8-16(17)9-15/h6-9,12-14,18H,10-11H2,1-5H3. The van der Waals surface area contributed by atoms with Crippen molar-refractivity contribution in [3.8, 4) is 0 Å². The van der Waals surface area contributed by atoms with Crippen molar-refractivity contribution in [2.75, 3.05) is 13.6 Å². The number of benzene rings is 1. The van der Waals surface area contributed by atoms with Crippen LogP contribution in [0.3, 0.4) is 0 Å². The normalized spacial score (nSPS) is 14.9. The lowest BCUT2D eigenvalue weighted by atomic mass is 10.0. The van der Waals surface area contributed by atoms with Gasteiger partial charge in [-0.1, -0.05) is 44.5 Å². The molecule has 1 aromatic carbocycles. The van der Waals surface area contributed by atoms with Crippen LogP contribution in [0.4, 0.5) is 0 Å². The average Bonchev–Trinajstić information content (AvgIpc) is 2.34. The van der Waals surface area contributed by atoms with Crippen molar-refractivity contribution < 1.29 is 0 Å². The van der Waals surface area contributed by atoms with Gasteiger partial charge in [0.1, 0.15) is 0 Å². The monoisotopic (exact) mass is 282 g/mol. The van der Waals surface area contributed by atoms with Crippen molar-refractivity contribution in [3.05, 3.63) is 34.9 Å². The van der Waals surface area contributed by atoms with E-state index in [0.29, 0.717) is 18.0 Å². The number of nitrogens with zero attached hydrogens (tertiary/aromatic N) is 1. The molecule has 3 heteroatoms. The summed E-state index contributed by atoms with van der Waals surface area (Å²) in [6.07, 6.45) is 0. The van der Waals surface area contributed by atoms with Gasteiger partial charge in [-0.2, -0.15) is 0 Å². The van der Waals surface area contributed by atoms with E-state index in [4.69, 9.17) is 11.6 Å². The van der Waals surface area contributed by atoms with Gasteiger partial charge in [-0.15, -0.1) is 0 Å². The van der Waals surface area contributed by atoms with Gasteiger partial charge in [-0.25, -0.2) is 0 Å². The molecule has 0 heterocycles. The van der Waals surface area contributed by atoms with Crippen LogP contribution in [-0.4, -0.2) is 30.6 Å². The molecule has 2 nitrogen and oxygen atoms in total. The molecular formula is C16H27ClN2. The van der Waals surface area contributed by atoms with Crippen LogP contribution in [0.15, 0.2) is 24.3 Å². The highest BCUT2D eigenvalue weighted by molar-refractivity contribution is 6.30. The van der Waals surface area contributed by atoms with Crippen LogP contribution in [-0.2, 0) is 6.54 Å². The first kappa shape index (κ1) is 16.5. The van der Waals surface area contributed by atoms with Gasteiger partial charge in [-0.3, -0.25) is 4.90 Å². The van der Waals surface area contributed by atoms with Crippen molar-refractivity contribution in [1.29, 1.82) is 0 Å². The van der Waals surface area contributed by atoms with E-state index in [1.54, 1.807) is 0 Å². The van der Waals surface area contributed by atoms with Gasteiger partial charge in [0, 0.05) is 23.7 Å². The van der Waals surface area contributed by atoms with E-state index < -0.39 is 0 Å². The summed E-state index contributed by atoms with van der Waals surface area (Å²) in [6, 6.07) is 9.19. The average molecular weight is 283 g/mol. The molecule has 2 unspecified atom stereocenters. The highest BCUT2D eigenvalue weighted by Crippen LogP contribution is 2.15. The molecule has 0 spiro atoms. The first-order valence-electron chi connectivity index (χ1n) is 7.08. The third kappa shape index (κ3) is 5.94. The maximum atomic E-state index is 6.03. The largest absolute Gasteiger partial charge is 0.314 e. The molecule has 1 N–H and O–H groups in total. The van der Waals surface area contributed by atoms with Gasteiger partial charge in [0.05, 0.1) is 0 Å².